The highest BCUT2D eigenvalue weighted by Gasteiger charge is 1.98. The van der Waals surface area contributed by atoms with Crippen LogP contribution in [0.25, 0.3) is 6.08 Å². The molecule has 2 aromatic rings. The number of aryl methyl sites for hydroxylation is 1. The van der Waals surface area contributed by atoms with Crippen molar-refractivity contribution < 1.29 is 4.79 Å². The molecule has 0 saturated heterocycles. The number of nitrogens with one attached hydrogen (secondary N) is 1. The van der Waals surface area contributed by atoms with Crippen molar-refractivity contribution >= 4 is 40.3 Å². The first kappa shape index (κ1) is 13.8. The molecular weight excluding hydrogens is 349 g/mol. The lowest BCUT2D eigenvalue weighted by atomic mass is 10.1. The molecule has 0 spiro atoms. The molecule has 19 heavy (non-hydrogen) atoms. The van der Waals surface area contributed by atoms with Crippen molar-refractivity contribution in [1.82, 2.24) is 0 Å². The van der Waals surface area contributed by atoms with Gasteiger partial charge in [-0.15, -0.1) is 0 Å². The van der Waals surface area contributed by atoms with Crippen LogP contribution in [0.3, 0.4) is 0 Å². The summed E-state index contributed by atoms with van der Waals surface area (Å²) in [5.74, 6) is -0.123. The molecular formula is C16H14INO. The summed E-state index contributed by atoms with van der Waals surface area (Å²) >= 11 is 2.22. The zero-order chi connectivity index (χ0) is 13.7. The molecule has 0 aromatic heterocycles. The average Bonchev–Trinajstić information content (AvgIpc) is 2.38. The maximum absolute atomic E-state index is 11.8. The minimum absolute atomic E-state index is 0.123. The largest absolute Gasteiger partial charge is 0.322 e. The summed E-state index contributed by atoms with van der Waals surface area (Å²) in [4.78, 5) is 11.8. The number of carbonyl (C=O) groups is 1. The highest BCUT2D eigenvalue weighted by atomic mass is 127. The minimum Gasteiger partial charge on any atom is -0.322 e. The molecule has 0 fully saturated rings. The standard InChI is InChI=1S/C16H14INO/c1-12-5-7-13(8-6-12)9-10-16(19)18-15-4-2-3-14(17)11-15/h2-11H,1H3,(H,18,19). The van der Waals surface area contributed by atoms with E-state index in [4.69, 9.17) is 0 Å². The average molecular weight is 363 g/mol. The Hall–Kier alpha value is -1.62. The number of amides is 1. The molecule has 0 unspecified atom stereocenters. The van der Waals surface area contributed by atoms with E-state index in [0.29, 0.717) is 0 Å². The molecule has 1 amide bonds. The topological polar surface area (TPSA) is 29.1 Å². The zero-order valence-electron chi connectivity index (χ0n) is 10.6. The van der Waals surface area contributed by atoms with Gasteiger partial charge < -0.3 is 5.32 Å². The number of carbonyl (C=O) groups excluding carboxylic acids is 1. The molecule has 3 heteroatoms. The number of anilines is 1. The van der Waals surface area contributed by atoms with Crippen molar-refractivity contribution in [2.45, 2.75) is 6.92 Å². The Kier molecular flexibility index (Phi) is 4.74. The molecule has 0 saturated carbocycles. The van der Waals surface area contributed by atoms with Crippen molar-refractivity contribution in [1.29, 1.82) is 0 Å². The number of rotatable bonds is 3. The van der Waals surface area contributed by atoms with Crippen molar-refractivity contribution in [3.8, 4) is 0 Å². The summed E-state index contributed by atoms with van der Waals surface area (Å²) < 4.78 is 1.10. The van der Waals surface area contributed by atoms with Gasteiger partial charge in [-0.2, -0.15) is 0 Å². The number of halogens is 1. The summed E-state index contributed by atoms with van der Waals surface area (Å²) in [6, 6.07) is 15.7. The molecule has 0 bridgehead atoms. The Morgan fingerprint density at radius 1 is 1.16 bits per heavy atom. The highest BCUT2D eigenvalue weighted by molar-refractivity contribution is 14.1. The lowest BCUT2D eigenvalue weighted by Crippen LogP contribution is -2.07. The second-order valence-corrected chi connectivity index (χ2v) is 5.49. The monoisotopic (exact) mass is 363 g/mol. The molecule has 2 rings (SSSR count). The fraction of sp³-hybridized carbons (Fsp3) is 0.0625. The van der Waals surface area contributed by atoms with Crippen LogP contribution < -0.4 is 5.32 Å². The van der Waals surface area contributed by atoms with Crippen molar-refractivity contribution in [3.05, 3.63) is 69.3 Å². The van der Waals surface area contributed by atoms with Crippen LogP contribution in [0.5, 0.6) is 0 Å². The van der Waals surface area contributed by atoms with E-state index >= 15 is 0 Å². The maximum atomic E-state index is 11.8. The molecule has 0 aliphatic rings. The third-order valence-corrected chi connectivity index (χ3v) is 3.27. The number of hydrogen-bond donors (Lipinski definition) is 1. The van der Waals surface area contributed by atoms with E-state index in [9.17, 15) is 4.79 Å². The Balaban J connectivity index is 1.99. The zero-order valence-corrected chi connectivity index (χ0v) is 12.7. The van der Waals surface area contributed by atoms with Crippen LogP contribution in [0.1, 0.15) is 11.1 Å². The first-order valence-corrected chi connectivity index (χ1v) is 7.03. The predicted octanol–water partition coefficient (Wildman–Crippen LogP) is 4.25. The van der Waals surface area contributed by atoms with E-state index in [1.807, 2.05) is 61.5 Å². The molecule has 1 N–H and O–H groups in total. The molecule has 96 valence electrons. The van der Waals surface area contributed by atoms with Gasteiger partial charge in [-0.1, -0.05) is 35.9 Å². The SMILES string of the molecule is Cc1ccc(C=CC(=O)Nc2cccc(I)c2)cc1. The third-order valence-electron chi connectivity index (χ3n) is 2.60. The molecule has 0 aliphatic carbocycles. The van der Waals surface area contributed by atoms with Gasteiger partial charge in [0, 0.05) is 15.3 Å². The molecule has 0 heterocycles. The van der Waals surface area contributed by atoms with Crippen LogP contribution in [0.15, 0.2) is 54.6 Å². The lowest BCUT2D eigenvalue weighted by molar-refractivity contribution is -0.111. The van der Waals surface area contributed by atoms with Crippen LogP contribution in [-0.4, -0.2) is 5.91 Å². The Morgan fingerprint density at radius 2 is 1.89 bits per heavy atom. The summed E-state index contributed by atoms with van der Waals surface area (Å²) in [5, 5.41) is 2.83. The van der Waals surface area contributed by atoms with E-state index in [1.54, 1.807) is 6.08 Å². The predicted molar refractivity (Wildman–Crippen MR) is 88.0 cm³/mol. The van der Waals surface area contributed by atoms with Crippen LogP contribution in [0.2, 0.25) is 0 Å². The highest BCUT2D eigenvalue weighted by Crippen LogP contribution is 2.12. The van der Waals surface area contributed by atoms with Gasteiger partial charge in [-0.3, -0.25) is 4.79 Å². The van der Waals surface area contributed by atoms with Gasteiger partial charge in [0.2, 0.25) is 5.91 Å². The van der Waals surface area contributed by atoms with E-state index < -0.39 is 0 Å². The van der Waals surface area contributed by atoms with Crippen molar-refractivity contribution in [2.75, 3.05) is 5.32 Å². The molecule has 0 atom stereocenters. The summed E-state index contributed by atoms with van der Waals surface area (Å²) in [6.45, 7) is 2.04. The van der Waals surface area contributed by atoms with Gasteiger partial charge >= 0.3 is 0 Å². The van der Waals surface area contributed by atoms with E-state index in [0.717, 1.165) is 14.8 Å². The normalized spacial score (nSPS) is 10.6. The van der Waals surface area contributed by atoms with Gasteiger partial charge in [-0.05, 0) is 59.4 Å². The van der Waals surface area contributed by atoms with Crippen LogP contribution in [0.4, 0.5) is 5.69 Å². The smallest absolute Gasteiger partial charge is 0.248 e. The minimum atomic E-state index is -0.123. The number of benzene rings is 2. The molecule has 2 aromatic carbocycles. The van der Waals surface area contributed by atoms with Crippen molar-refractivity contribution in [2.24, 2.45) is 0 Å². The number of hydrogen-bond acceptors (Lipinski definition) is 1. The quantitative estimate of drug-likeness (QED) is 0.641. The fourth-order valence-corrected chi connectivity index (χ4v) is 2.14. The van der Waals surface area contributed by atoms with Crippen LogP contribution in [-0.2, 0) is 4.79 Å². The first-order chi connectivity index (χ1) is 9.13. The third kappa shape index (κ3) is 4.52. The molecule has 0 aliphatic heterocycles. The van der Waals surface area contributed by atoms with Crippen LogP contribution >= 0.6 is 22.6 Å². The lowest BCUT2D eigenvalue weighted by Gasteiger charge is -2.02. The second-order valence-electron chi connectivity index (χ2n) is 4.24. The van der Waals surface area contributed by atoms with Crippen LogP contribution in [0, 0.1) is 10.5 Å². The first-order valence-electron chi connectivity index (χ1n) is 5.95. The summed E-state index contributed by atoms with van der Waals surface area (Å²) in [7, 11) is 0. The van der Waals surface area contributed by atoms with Gasteiger partial charge in [0.1, 0.15) is 0 Å². The fourth-order valence-electron chi connectivity index (χ4n) is 1.60. The summed E-state index contributed by atoms with van der Waals surface area (Å²) in [5.41, 5.74) is 3.04. The van der Waals surface area contributed by atoms with E-state index in [2.05, 4.69) is 27.9 Å². The van der Waals surface area contributed by atoms with Gasteiger partial charge in [0.15, 0.2) is 0 Å². The molecule has 0 radical (unpaired) electrons. The van der Waals surface area contributed by atoms with E-state index in [1.165, 1.54) is 5.56 Å². The summed E-state index contributed by atoms with van der Waals surface area (Å²) in [6.07, 6.45) is 3.35. The second kappa shape index (κ2) is 6.52. The van der Waals surface area contributed by atoms with E-state index in [-0.39, 0.29) is 5.91 Å². The van der Waals surface area contributed by atoms with Gasteiger partial charge in [0.05, 0.1) is 0 Å². The van der Waals surface area contributed by atoms with Gasteiger partial charge in [-0.25, -0.2) is 0 Å². The Morgan fingerprint density at radius 3 is 2.58 bits per heavy atom. The van der Waals surface area contributed by atoms with Gasteiger partial charge in [0.25, 0.3) is 0 Å². The van der Waals surface area contributed by atoms with Crippen molar-refractivity contribution in [3.63, 3.8) is 0 Å². The Bertz CT molecular complexity index is 602. The molecule has 2 nitrogen and oxygen atoms in total. The Labute approximate surface area is 126 Å². The maximum Gasteiger partial charge on any atom is 0.248 e.